The van der Waals surface area contributed by atoms with Crippen LogP contribution in [0.1, 0.15) is 0 Å². The highest BCUT2D eigenvalue weighted by molar-refractivity contribution is 5.71. The fraction of sp³-hybridized carbons (Fsp3) is 0. The molecule has 0 aromatic heterocycles. The molecular weight excluding hydrogens is 192 g/mol. The third-order valence-electron chi connectivity index (χ3n) is 1.49. The van der Waals surface area contributed by atoms with Crippen molar-refractivity contribution in [1.82, 2.24) is 0 Å². The number of hydrogen-bond acceptors (Lipinski definition) is 4. The van der Waals surface area contributed by atoms with Crippen molar-refractivity contribution in [3.8, 4) is 0 Å². The highest BCUT2D eigenvalue weighted by Gasteiger charge is 2.38. The van der Waals surface area contributed by atoms with Gasteiger partial charge in [-0.2, -0.15) is 0 Å². The molecular formula is C6H4N4O4+2. The van der Waals surface area contributed by atoms with Crippen molar-refractivity contribution in [3.63, 3.8) is 0 Å². The van der Waals surface area contributed by atoms with Crippen LogP contribution in [0.5, 0.6) is 0 Å². The Bertz CT molecular complexity index is 450. The predicted molar refractivity (Wildman–Crippen MR) is 42.9 cm³/mol. The summed E-state index contributed by atoms with van der Waals surface area (Å²) < 4.78 is 0. The number of nitro benzene ring substituents is 1. The molecule has 8 heteroatoms. The van der Waals surface area contributed by atoms with Gasteiger partial charge in [0, 0.05) is 12.1 Å². The Morgan fingerprint density at radius 3 is 2.50 bits per heavy atom. The molecule has 0 radical (unpaired) electrons. The maximum atomic E-state index is 10.5. The molecule has 0 spiro atoms. The second kappa shape index (κ2) is 3.44. The molecule has 0 unspecified atom stereocenters. The summed E-state index contributed by atoms with van der Waals surface area (Å²) in [4.78, 5) is 22.0. The molecule has 0 fully saturated rings. The molecule has 1 rings (SSSR count). The van der Waals surface area contributed by atoms with E-state index >= 15 is 0 Å². The van der Waals surface area contributed by atoms with Crippen molar-refractivity contribution in [1.29, 1.82) is 5.39 Å². The van der Waals surface area contributed by atoms with Crippen LogP contribution < -0.4 is 0 Å². The van der Waals surface area contributed by atoms with Gasteiger partial charge in [0.25, 0.3) is 4.92 Å². The molecule has 0 aliphatic carbocycles. The van der Waals surface area contributed by atoms with E-state index in [1.165, 1.54) is 6.07 Å². The summed E-state index contributed by atoms with van der Waals surface area (Å²) in [5.41, 5.74) is -1.75. The Labute approximate surface area is 76.7 Å². The molecule has 0 saturated carbocycles. The van der Waals surface area contributed by atoms with Crippen LogP contribution in [0.4, 0.5) is 17.1 Å². The van der Waals surface area contributed by atoms with E-state index in [2.05, 4.69) is 4.98 Å². The zero-order valence-electron chi connectivity index (χ0n) is 6.69. The third-order valence-corrected chi connectivity index (χ3v) is 1.49. The van der Waals surface area contributed by atoms with Gasteiger partial charge in [-0.1, -0.05) is 0 Å². The predicted octanol–water partition coefficient (Wildman–Crippen LogP) is 1.88. The van der Waals surface area contributed by atoms with Gasteiger partial charge in [-0.05, 0) is 6.07 Å². The van der Waals surface area contributed by atoms with Crippen molar-refractivity contribution in [2.75, 3.05) is 0 Å². The van der Waals surface area contributed by atoms with Crippen LogP contribution in [-0.4, -0.2) is 15.1 Å². The lowest BCUT2D eigenvalue weighted by Crippen LogP contribution is -1.98. The lowest BCUT2D eigenvalue weighted by molar-refractivity contribution is -0.731. The first kappa shape index (κ1) is 9.53. The van der Waals surface area contributed by atoms with Gasteiger partial charge in [0.15, 0.2) is 4.98 Å². The molecule has 14 heavy (non-hydrogen) atoms. The van der Waals surface area contributed by atoms with E-state index in [-0.39, 0.29) is 0 Å². The number of hydrogen-bond donors (Lipinski definition) is 1. The van der Waals surface area contributed by atoms with Crippen molar-refractivity contribution in [2.24, 2.45) is 0 Å². The maximum Gasteiger partial charge on any atom is 0.468 e. The Balaban J connectivity index is 3.53. The molecule has 1 aromatic rings. The van der Waals surface area contributed by atoms with E-state index < -0.39 is 26.9 Å². The Morgan fingerprint density at radius 2 is 2.07 bits per heavy atom. The molecule has 0 bridgehead atoms. The summed E-state index contributed by atoms with van der Waals surface area (Å²) in [5, 5.41) is 27.4. The van der Waals surface area contributed by atoms with Crippen LogP contribution in [-0.2, 0) is 0 Å². The quantitative estimate of drug-likeness (QED) is 0.440. The normalized spacial score (nSPS) is 9.07. The van der Waals surface area contributed by atoms with Crippen molar-refractivity contribution in [3.05, 3.63) is 38.2 Å². The van der Waals surface area contributed by atoms with E-state index in [1.54, 1.807) is 0 Å². The summed E-state index contributed by atoms with van der Waals surface area (Å²) in [5.74, 6) is 0. The number of para-hydroxylation sites is 1. The number of nitro groups is 1. The van der Waals surface area contributed by atoms with Gasteiger partial charge in [0.2, 0.25) is 5.39 Å². The van der Waals surface area contributed by atoms with E-state index in [9.17, 15) is 15.0 Å². The third kappa shape index (κ3) is 1.46. The molecule has 0 atom stereocenters. The van der Waals surface area contributed by atoms with Gasteiger partial charge < -0.3 is 0 Å². The van der Waals surface area contributed by atoms with Gasteiger partial charge in [-0.15, -0.1) is 0 Å². The highest BCUT2D eigenvalue weighted by atomic mass is 16.6. The Morgan fingerprint density at radius 1 is 1.43 bits per heavy atom. The van der Waals surface area contributed by atoms with Gasteiger partial charge in [0.05, 0.1) is 9.83 Å². The summed E-state index contributed by atoms with van der Waals surface area (Å²) in [6, 6.07) is 3.39. The van der Waals surface area contributed by atoms with Gasteiger partial charge >= 0.3 is 17.1 Å². The molecule has 1 N–H and O–H groups in total. The number of rotatable bonds is 2. The fourth-order valence-corrected chi connectivity index (χ4v) is 0.942. The largest absolute Gasteiger partial charge is 0.468 e. The molecule has 0 saturated heterocycles. The average molecular weight is 196 g/mol. The van der Waals surface area contributed by atoms with Crippen LogP contribution in [0.3, 0.4) is 0 Å². The number of diazo groups is 1. The van der Waals surface area contributed by atoms with Crippen molar-refractivity contribution in [2.45, 2.75) is 0 Å². The number of benzene rings is 1. The van der Waals surface area contributed by atoms with E-state index in [4.69, 9.17) is 10.6 Å². The molecule has 0 aliphatic heterocycles. The summed E-state index contributed by atoms with van der Waals surface area (Å²) >= 11 is 0. The standard InChI is InChI=1S/C6H4N4O4/c7-8-4-2-1-3-5(9(11)12)6(4)10(13)14/h1-3H,(H,11,12)/q+2. The minimum atomic E-state index is -0.925. The SMILES string of the molecule is N#[N+]c1cccc([N+](=O)O)c1[N+](=O)[O-]. The molecule has 8 nitrogen and oxygen atoms in total. The van der Waals surface area contributed by atoms with Crippen molar-refractivity contribution < 1.29 is 15.1 Å². The van der Waals surface area contributed by atoms with E-state index in [1.807, 2.05) is 0 Å². The minimum absolute atomic E-state index is 0.401. The summed E-state index contributed by atoms with van der Waals surface area (Å²) in [6.45, 7) is 0. The average Bonchev–Trinajstić information content (AvgIpc) is 2.16. The maximum absolute atomic E-state index is 10.5. The first-order valence-electron chi connectivity index (χ1n) is 3.36. The second-order valence-electron chi connectivity index (χ2n) is 2.27. The van der Waals surface area contributed by atoms with Crippen molar-refractivity contribution >= 4 is 17.1 Å². The first-order valence-corrected chi connectivity index (χ1v) is 3.36. The molecule has 70 valence electrons. The van der Waals surface area contributed by atoms with Crippen LogP contribution in [0, 0.1) is 20.4 Å². The number of nitrogens with zero attached hydrogens (tertiary/aromatic N) is 4. The van der Waals surface area contributed by atoms with Gasteiger partial charge in [-0.3, -0.25) is 10.1 Å². The minimum Gasteiger partial charge on any atom is -0.258 e. The van der Waals surface area contributed by atoms with Crippen LogP contribution in [0.25, 0.3) is 4.98 Å². The Hall–Kier alpha value is -2.56. The summed E-state index contributed by atoms with van der Waals surface area (Å²) in [7, 11) is 0. The Kier molecular flexibility index (Phi) is 2.34. The van der Waals surface area contributed by atoms with E-state index in [0.29, 0.717) is 0 Å². The van der Waals surface area contributed by atoms with Crippen LogP contribution in [0.15, 0.2) is 18.2 Å². The topological polar surface area (TPSA) is 112 Å². The molecule has 0 heterocycles. The smallest absolute Gasteiger partial charge is 0.258 e. The zero-order chi connectivity index (χ0) is 10.7. The molecule has 0 aliphatic rings. The fourth-order valence-electron chi connectivity index (χ4n) is 0.942. The van der Waals surface area contributed by atoms with Crippen LogP contribution >= 0.6 is 0 Å². The van der Waals surface area contributed by atoms with Gasteiger partial charge in [0.1, 0.15) is 0 Å². The summed E-state index contributed by atoms with van der Waals surface area (Å²) in [6.07, 6.45) is 0. The second-order valence-corrected chi connectivity index (χ2v) is 2.27. The monoisotopic (exact) mass is 196 g/mol. The van der Waals surface area contributed by atoms with Crippen LogP contribution in [0.2, 0.25) is 0 Å². The highest BCUT2D eigenvalue weighted by Crippen LogP contribution is 2.35. The lowest BCUT2D eigenvalue weighted by Gasteiger charge is -1.86. The first-order chi connectivity index (χ1) is 6.57. The molecule has 0 amide bonds. The lowest BCUT2D eigenvalue weighted by atomic mass is 10.2. The van der Waals surface area contributed by atoms with Gasteiger partial charge in [-0.25, -0.2) is 5.21 Å². The zero-order valence-corrected chi connectivity index (χ0v) is 6.69. The molecule has 1 aromatic carbocycles. The van der Waals surface area contributed by atoms with E-state index in [0.717, 1.165) is 12.1 Å².